The fourth-order valence-electron chi connectivity index (χ4n) is 3.46. The summed E-state index contributed by atoms with van der Waals surface area (Å²) in [4.78, 5) is 26.3. The molecule has 5 heteroatoms. The van der Waals surface area contributed by atoms with Crippen molar-refractivity contribution in [1.29, 1.82) is 0 Å². The molecule has 4 nitrogen and oxygen atoms in total. The number of carbonyl (C=O) groups excluding carboxylic acids is 2. The van der Waals surface area contributed by atoms with Gasteiger partial charge in [0.2, 0.25) is 0 Å². The topological polar surface area (TPSA) is 49.4 Å². The van der Waals surface area contributed by atoms with Gasteiger partial charge in [0.1, 0.15) is 6.17 Å². The van der Waals surface area contributed by atoms with Crippen molar-refractivity contribution < 1.29 is 9.59 Å². The number of hydrogen-bond donors (Lipinski definition) is 1. The van der Waals surface area contributed by atoms with Gasteiger partial charge >= 0.3 is 0 Å². The van der Waals surface area contributed by atoms with Gasteiger partial charge in [-0.25, -0.2) is 0 Å². The van der Waals surface area contributed by atoms with E-state index in [9.17, 15) is 9.59 Å². The second-order valence-electron chi connectivity index (χ2n) is 6.79. The third-order valence-corrected chi connectivity index (χ3v) is 5.32. The summed E-state index contributed by atoms with van der Waals surface area (Å²) in [5, 5.41) is 4.07. The predicted octanol–water partition coefficient (Wildman–Crippen LogP) is 5.31. The molecule has 0 unspecified atom stereocenters. The lowest BCUT2D eigenvalue weighted by Crippen LogP contribution is -2.32. The first-order chi connectivity index (χ1) is 13.5. The molecule has 0 saturated heterocycles. The number of nitrogens with zero attached hydrogens (tertiary/aromatic N) is 1. The van der Waals surface area contributed by atoms with Crippen molar-refractivity contribution >= 4 is 29.0 Å². The van der Waals surface area contributed by atoms with Crippen molar-refractivity contribution in [2.45, 2.75) is 19.6 Å². The van der Waals surface area contributed by atoms with Crippen molar-refractivity contribution in [3.05, 3.63) is 100 Å². The molecule has 0 spiro atoms. The van der Waals surface area contributed by atoms with Crippen LogP contribution in [0.4, 0.5) is 5.69 Å². The van der Waals surface area contributed by atoms with Crippen LogP contribution in [-0.2, 0) is 6.54 Å². The molecule has 1 N–H and O–H groups in total. The van der Waals surface area contributed by atoms with Crippen LogP contribution in [0.3, 0.4) is 0 Å². The smallest absolute Gasteiger partial charge is 0.256 e. The normalized spacial score (nSPS) is 15.4. The van der Waals surface area contributed by atoms with E-state index in [0.717, 1.165) is 16.8 Å². The van der Waals surface area contributed by atoms with Crippen LogP contribution in [0.1, 0.15) is 44.9 Å². The molecule has 3 aromatic carbocycles. The van der Waals surface area contributed by atoms with E-state index in [4.69, 9.17) is 11.6 Å². The summed E-state index contributed by atoms with van der Waals surface area (Å²) in [6.07, 6.45) is -0.317. The Morgan fingerprint density at radius 3 is 2.39 bits per heavy atom. The zero-order chi connectivity index (χ0) is 19.7. The maximum absolute atomic E-state index is 13.1. The van der Waals surface area contributed by atoms with Gasteiger partial charge in [0, 0.05) is 33.9 Å². The van der Waals surface area contributed by atoms with E-state index in [1.807, 2.05) is 60.7 Å². The highest BCUT2D eigenvalue weighted by molar-refractivity contribution is 6.31. The summed E-state index contributed by atoms with van der Waals surface area (Å²) < 4.78 is 0. The number of fused-ring (bicyclic) bond motifs is 1. The van der Waals surface area contributed by atoms with Crippen LogP contribution in [-0.4, -0.2) is 16.6 Å². The van der Waals surface area contributed by atoms with E-state index in [0.29, 0.717) is 22.7 Å². The summed E-state index contributed by atoms with van der Waals surface area (Å²) in [6.45, 7) is 1.94. The largest absolute Gasteiger partial charge is 0.361 e. The molecule has 0 radical (unpaired) electrons. The summed E-state index contributed by atoms with van der Waals surface area (Å²) in [7, 11) is 0. The van der Waals surface area contributed by atoms with E-state index < -0.39 is 0 Å². The Bertz CT molecular complexity index is 1050. The minimum absolute atomic E-state index is 0.0216. The van der Waals surface area contributed by atoms with Crippen molar-refractivity contribution in [2.75, 3.05) is 5.32 Å². The molecule has 0 fully saturated rings. The van der Waals surface area contributed by atoms with Gasteiger partial charge in [-0.1, -0.05) is 48.0 Å². The second kappa shape index (κ2) is 7.49. The zero-order valence-electron chi connectivity index (χ0n) is 15.4. The number of carbonyl (C=O) groups is 2. The Labute approximate surface area is 168 Å². The van der Waals surface area contributed by atoms with Crippen molar-refractivity contribution in [3.63, 3.8) is 0 Å². The van der Waals surface area contributed by atoms with Crippen LogP contribution < -0.4 is 5.32 Å². The first-order valence-electron chi connectivity index (χ1n) is 9.05. The average Bonchev–Trinajstić information content (AvgIpc) is 2.96. The number of amides is 1. The summed E-state index contributed by atoms with van der Waals surface area (Å²) in [5.74, 6) is -0.0124. The maximum Gasteiger partial charge on any atom is 0.256 e. The Morgan fingerprint density at radius 2 is 1.68 bits per heavy atom. The van der Waals surface area contributed by atoms with E-state index >= 15 is 0 Å². The third-order valence-electron chi connectivity index (χ3n) is 4.95. The molecule has 1 heterocycles. The number of anilines is 1. The molecule has 0 bridgehead atoms. The highest BCUT2D eigenvalue weighted by Crippen LogP contribution is 2.36. The summed E-state index contributed by atoms with van der Waals surface area (Å²) >= 11 is 6.33. The summed E-state index contributed by atoms with van der Waals surface area (Å²) in [5.41, 5.74) is 4.00. The van der Waals surface area contributed by atoms with Crippen molar-refractivity contribution in [1.82, 2.24) is 4.90 Å². The van der Waals surface area contributed by atoms with Crippen LogP contribution >= 0.6 is 11.6 Å². The Hall–Kier alpha value is -3.11. The standard InChI is InChI=1S/C23H19ClN2O2/c1-15(27)16-10-12-18(13-11-16)25-22-19-7-3-4-8-20(19)23(28)26(22)14-17-6-2-5-9-21(17)24/h2-13,22,25H,14H2,1H3/t22-/m1/s1. The van der Waals surface area contributed by atoms with Gasteiger partial charge in [0.25, 0.3) is 5.91 Å². The molecule has 3 aromatic rings. The van der Waals surface area contributed by atoms with Gasteiger partial charge < -0.3 is 10.2 Å². The molecular weight excluding hydrogens is 372 g/mol. The number of benzene rings is 3. The third kappa shape index (κ3) is 3.39. The molecule has 0 aliphatic carbocycles. The fourth-order valence-corrected chi connectivity index (χ4v) is 3.65. The second-order valence-corrected chi connectivity index (χ2v) is 7.20. The van der Waals surface area contributed by atoms with E-state index in [-0.39, 0.29) is 17.9 Å². The number of Topliss-reactive ketones (excluding diaryl/α,β-unsaturated/α-hetero) is 1. The average molecular weight is 391 g/mol. The molecule has 4 rings (SSSR count). The van der Waals surface area contributed by atoms with Gasteiger partial charge in [-0.05, 0) is 48.9 Å². The van der Waals surface area contributed by atoms with Gasteiger partial charge in [-0.15, -0.1) is 0 Å². The molecule has 0 saturated carbocycles. The minimum atomic E-state index is -0.317. The Kier molecular flexibility index (Phi) is 4.88. The predicted molar refractivity (Wildman–Crippen MR) is 111 cm³/mol. The molecular formula is C23H19ClN2O2. The van der Waals surface area contributed by atoms with Gasteiger partial charge in [-0.3, -0.25) is 9.59 Å². The molecule has 0 aromatic heterocycles. The Balaban J connectivity index is 1.67. The molecule has 1 aliphatic heterocycles. The van der Waals surface area contributed by atoms with Crippen LogP contribution in [0.2, 0.25) is 5.02 Å². The maximum atomic E-state index is 13.1. The van der Waals surface area contributed by atoms with E-state index in [1.165, 1.54) is 0 Å². The fraction of sp³-hybridized carbons (Fsp3) is 0.130. The zero-order valence-corrected chi connectivity index (χ0v) is 16.1. The number of nitrogens with one attached hydrogen (secondary N) is 1. The van der Waals surface area contributed by atoms with Crippen molar-refractivity contribution in [2.24, 2.45) is 0 Å². The SMILES string of the molecule is CC(=O)c1ccc(N[C@H]2c3ccccc3C(=O)N2Cc2ccccc2Cl)cc1. The molecule has 1 aliphatic rings. The first-order valence-corrected chi connectivity index (χ1v) is 9.43. The van der Waals surface area contributed by atoms with Crippen LogP contribution in [0.25, 0.3) is 0 Å². The summed E-state index contributed by atoms with van der Waals surface area (Å²) in [6, 6.07) is 22.4. The molecule has 140 valence electrons. The van der Waals surface area contributed by atoms with E-state index in [1.54, 1.807) is 24.0 Å². The van der Waals surface area contributed by atoms with E-state index in [2.05, 4.69) is 5.32 Å². The van der Waals surface area contributed by atoms with Gasteiger partial charge in [-0.2, -0.15) is 0 Å². The van der Waals surface area contributed by atoms with Crippen LogP contribution in [0, 0.1) is 0 Å². The number of rotatable bonds is 5. The minimum Gasteiger partial charge on any atom is -0.361 e. The Morgan fingerprint density at radius 1 is 1.00 bits per heavy atom. The lowest BCUT2D eigenvalue weighted by molar-refractivity contribution is 0.0728. The first kappa shape index (κ1) is 18.3. The molecule has 28 heavy (non-hydrogen) atoms. The van der Waals surface area contributed by atoms with Crippen LogP contribution in [0.5, 0.6) is 0 Å². The van der Waals surface area contributed by atoms with Gasteiger partial charge in [0.05, 0.1) is 0 Å². The number of halogens is 1. The molecule has 1 atom stereocenters. The monoisotopic (exact) mass is 390 g/mol. The lowest BCUT2D eigenvalue weighted by Gasteiger charge is -2.27. The number of ketones is 1. The van der Waals surface area contributed by atoms with Crippen LogP contribution in [0.15, 0.2) is 72.8 Å². The molecule has 1 amide bonds. The van der Waals surface area contributed by atoms with Crippen molar-refractivity contribution in [3.8, 4) is 0 Å². The lowest BCUT2D eigenvalue weighted by atomic mass is 10.1. The quantitative estimate of drug-likeness (QED) is 0.600. The highest BCUT2D eigenvalue weighted by atomic mass is 35.5. The highest BCUT2D eigenvalue weighted by Gasteiger charge is 2.36. The number of hydrogen-bond acceptors (Lipinski definition) is 3. The van der Waals surface area contributed by atoms with Gasteiger partial charge in [0.15, 0.2) is 5.78 Å².